The molecule has 0 aliphatic rings. The average Bonchev–Trinajstić information content (AvgIpc) is 2.97. The van der Waals surface area contributed by atoms with Crippen LogP contribution in [0.1, 0.15) is 37.0 Å². The number of ether oxygens (including phenoxy) is 1. The van der Waals surface area contributed by atoms with E-state index in [0.717, 1.165) is 21.8 Å². The van der Waals surface area contributed by atoms with Gasteiger partial charge in [0.15, 0.2) is 5.82 Å². The van der Waals surface area contributed by atoms with Gasteiger partial charge in [0.1, 0.15) is 23.0 Å². The van der Waals surface area contributed by atoms with Crippen molar-refractivity contribution >= 4 is 33.3 Å². The van der Waals surface area contributed by atoms with E-state index >= 15 is 0 Å². The predicted octanol–water partition coefficient (Wildman–Crippen LogP) is 4.46. The molecule has 2 N–H and O–H groups in total. The van der Waals surface area contributed by atoms with Crippen LogP contribution in [-0.2, 0) is 11.4 Å². The monoisotopic (exact) mass is 412 g/mol. The Kier molecular flexibility index (Phi) is 6.37. The van der Waals surface area contributed by atoms with Crippen molar-refractivity contribution in [2.24, 2.45) is 5.41 Å². The first kappa shape index (κ1) is 21.0. The van der Waals surface area contributed by atoms with Crippen molar-refractivity contribution in [3.05, 3.63) is 46.6 Å². The van der Waals surface area contributed by atoms with Gasteiger partial charge in [-0.2, -0.15) is 0 Å². The first-order valence-corrected chi connectivity index (χ1v) is 10.5. The second kappa shape index (κ2) is 8.78. The number of para-hydroxylation sites is 1. The van der Waals surface area contributed by atoms with Crippen LogP contribution in [0.2, 0.25) is 0 Å². The zero-order chi connectivity index (χ0) is 21.0. The number of hydrogen-bond acceptors (Lipinski definition) is 6. The van der Waals surface area contributed by atoms with Crippen LogP contribution in [0.5, 0.6) is 5.75 Å². The molecule has 0 unspecified atom stereocenters. The van der Waals surface area contributed by atoms with E-state index < -0.39 is 5.41 Å². The van der Waals surface area contributed by atoms with Gasteiger partial charge in [-0.05, 0) is 31.5 Å². The van der Waals surface area contributed by atoms with E-state index in [4.69, 9.17) is 14.7 Å². The molecule has 0 radical (unpaired) electrons. The maximum absolute atomic E-state index is 12.0. The van der Waals surface area contributed by atoms with E-state index in [1.807, 2.05) is 51.1 Å². The lowest BCUT2D eigenvalue weighted by atomic mass is 9.96. The SMILES string of the molecule is Cc1sc2nc(COc3ccccc3)nc(NCCNC(=O)C(C)(C)C)c2c1C. The number of thiophene rings is 1. The van der Waals surface area contributed by atoms with Gasteiger partial charge in [0, 0.05) is 23.4 Å². The van der Waals surface area contributed by atoms with E-state index in [0.29, 0.717) is 25.5 Å². The van der Waals surface area contributed by atoms with Gasteiger partial charge in [-0.3, -0.25) is 4.79 Å². The number of aromatic nitrogens is 2. The van der Waals surface area contributed by atoms with Crippen LogP contribution in [0.4, 0.5) is 5.82 Å². The predicted molar refractivity (Wildman–Crippen MR) is 119 cm³/mol. The molecular weight excluding hydrogens is 384 g/mol. The molecule has 3 aromatic rings. The second-order valence-corrected chi connectivity index (χ2v) is 9.19. The number of benzene rings is 1. The molecule has 0 spiro atoms. The van der Waals surface area contributed by atoms with Crippen LogP contribution in [0.3, 0.4) is 0 Å². The number of nitrogens with one attached hydrogen (secondary N) is 2. The van der Waals surface area contributed by atoms with E-state index in [1.165, 1.54) is 10.4 Å². The van der Waals surface area contributed by atoms with Crippen molar-refractivity contribution in [2.45, 2.75) is 41.2 Å². The van der Waals surface area contributed by atoms with Gasteiger partial charge in [-0.1, -0.05) is 39.0 Å². The Bertz CT molecular complexity index is 993. The van der Waals surface area contributed by atoms with Gasteiger partial charge in [0.25, 0.3) is 0 Å². The van der Waals surface area contributed by atoms with Crippen LogP contribution in [0.25, 0.3) is 10.2 Å². The summed E-state index contributed by atoms with van der Waals surface area (Å²) >= 11 is 1.66. The summed E-state index contributed by atoms with van der Waals surface area (Å²) in [6.45, 7) is 11.3. The van der Waals surface area contributed by atoms with Crippen molar-refractivity contribution < 1.29 is 9.53 Å². The Morgan fingerprint density at radius 2 is 1.83 bits per heavy atom. The topological polar surface area (TPSA) is 76.1 Å². The lowest BCUT2D eigenvalue weighted by Crippen LogP contribution is -2.37. The summed E-state index contributed by atoms with van der Waals surface area (Å²) in [6.07, 6.45) is 0. The summed E-state index contributed by atoms with van der Waals surface area (Å²) in [6, 6.07) is 9.64. The lowest BCUT2D eigenvalue weighted by molar-refractivity contribution is -0.128. The standard InChI is InChI=1S/C22H28N4O2S/c1-14-15(2)29-20-18(14)19(23-11-12-24-21(27)22(3,4)5)25-17(26-20)13-28-16-9-7-6-8-10-16/h6-10H,11-13H2,1-5H3,(H,24,27)(H,23,25,26). The van der Waals surface area contributed by atoms with Crippen molar-refractivity contribution in [1.82, 2.24) is 15.3 Å². The Balaban J connectivity index is 1.74. The minimum atomic E-state index is -0.398. The molecule has 2 heterocycles. The fraction of sp³-hybridized carbons (Fsp3) is 0.409. The number of carbonyl (C=O) groups is 1. The number of aryl methyl sites for hydroxylation is 2. The molecule has 0 bridgehead atoms. The fourth-order valence-corrected chi connectivity index (χ4v) is 3.82. The molecule has 154 valence electrons. The van der Waals surface area contributed by atoms with E-state index in [1.54, 1.807) is 11.3 Å². The van der Waals surface area contributed by atoms with Crippen molar-refractivity contribution in [3.63, 3.8) is 0 Å². The molecule has 7 heteroatoms. The molecule has 29 heavy (non-hydrogen) atoms. The van der Waals surface area contributed by atoms with Gasteiger partial charge < -0.3 is 15.4 Å². The van der Waals surface area contributed by atoms with E-state index in [-0.39, 0.29) is 5.91 Å². The summed E-state index contributed by atoms with van der Waals surface area (Å²) in [5.74, 6) is 2.23. The number of nitrogens with zero attached hydrogens (tertiary/aromatic N) is 2. The van der Waals surface area contributed by atoms with Crippen molar-refractivity contribution in [3.8, 4) is 5.75 Å². The summed E-state index contributed by atoms with van der Waals surface area (Å²) in [5.41, 5.74) is 0.785. The highest BCUT2D eigenvalue weighted by Gasteiger charge is 2.20. The van der Waals surface area contributed by atoms with E-state index in [2.05, 4.69) is 24.5 Å². The van der Waals surface area contributed by atoms with Crippen LogP contribution in [-0.4, -0.2) is 29.0 Å². The maximum Gasteiger partial charge on any atom is 0.225 e. The average molecular weight is 413 g/mol. The highest BCUT2D eigenvalue weighted by molar-refractivity contribution is 7.18. The number of amides is 1. The quantitative estimate of drug-likeness (QED) is 0.560. The molecule has 6 nitrogen and oxygen atoms in total. The molecule has 1 aromatic carbocycles. The largest absolute Gasteiger partial charge is 0.486 e. The fourth-order valence-electron chi connectivity index (χ4n) is 2.77. The number of anilines is 1. The summed E-state index contributed by atoms with van der Waals surface area (Å²) in [7, 11) is 0. The highest BCUT2D eigenvalue weighted by atomic mass is 32.1. The van der Waals surface area contributed by atoms with Gasteiger partial charge in [-0.25, -0.2) is 9.97 Å². The third-order valence-corrected chi connectivity index (χ3v) is 5.67. The van der Waals surface area contributed by atoms with Gasteiger partial charge in [-0.15, -0.1) is 11.3 Å². The smallest absolute Gasteiger partial charge is 0.225 e. The molecule has 2 aromatic heterocycles. The first-order chi connectivity index (χ1) is 13.8. The van der Waals surface area contributed by atoms with Crippen LogP contribution >= 0.6 is 11.3 Å². The number of fused-ring (bicyclic) bond motifs is 1. The molecule has 0 aliphatic heterocycles. The number of rotatable bonds is 7. The maximum atomic E-state index is 12.0. The van der Waals surface area contributed by atoms with Crippen LogP contribution in [0.15, 0.2) is 30.3 Å². The second-order valence-electron chi connectivity index (χ2n) is 7.99. The minimum Gasteiger partial charge on any atom is -0.486 e. The minimum absolute atomic E-state index is 0.0339. The van der Waals surface area contributed by atoms with Crippen LogP contribution < -0.4 is 15.4 Å². The van der Waals surface area contributed by atoms with Crippen molar-refractivity contribution in [1.29, 1.82) is 0 Å². The number of hydrogen-bond donors (Lipinski definition) is 2. The molecule has 0 atom stereocenters. The lowest BCUT2D eigenvalue weighted by Gasteiger charge is -2.18. The Labute approximate surface area is 175 Å². The zero-order valence-corrected chi connectivity index (χ0v) is 18.4. The molecule has 0 saturated carbocycles. The Hall–Kier alpha value is -2.67. The normalized spacial score (nSPS) is 11.5. The van der Waals surface area contributed by atoms with Gasteiger partial charge in [0.2, 0.25) is 5.91 Å². The van der Waals surface area contributed by atoms with Gasteiger partial charge >= 0.3 is 0 Å². The molecule has 3 rings (SSSR count). The molecular formula is C22H28N4O2S. The van der Waals surface area contributed by atoms with E-state index in [9.17, 15) is 4.79 Å². The summed E-state index contributed by atoms with van der Waals surface area (Å²) < 4.78 is 5.82. The van der Waals surface area contributed by atoms with Gasteiger partial charge in [0.05, 0.1) is 5.39 Å². The Morgan fingerprint density at radius 1 is 1.10 bits per heavy atom. The first-order valence-electron chi connectivity index (χ1n) is 9.72. The van der Waals surface area contributed by atoms with Crippen LogP contribution in [0, 0.1) is 19.3 Å². The molecule has 0 saturated heterocycles. The summed E-state index contributed by atoms with van der Waals surface area (Å²) in [4.78, 5) is 23.6. The molecule has 0 fully saturated rings. The third kappa shape index (κ3) is 5.23. The summed E-state index contributed by atoms with van der Waals surface area (Å²) in [5, 5.41) is 7.37. The molecule has 1 amide bonds. The zero-order valence-electron chi connectivity index (χ0n) is 17.6. The molecule has 0 aliphatic carbocycles. The van der Waals surface area contributed by atoms with Crippen molar-refractivity contribution in [2.75, 3.05) is 18.4 Å². The third-order valence-electron chi connectivity index (χ3n) is 4.57. The number of carbonyl (C=O) groups excluding carboxylic acids is 1. The Morgan fingerprint density at radius 3 is 2.52 bits per heavy atom. The highest BCUT2D eigenvalue weighted by Crippen LogP contribution is 2.33.